The van der Waals surface area contributed by atoms with Crippen molar-refractivity contribution in [2.24, 2.45) is 29.4 Å². The monoisotopic (exact) mass is 1110 g/mol. The fourth-order valence-electron chi connectivity index (χ4n) is 9.37. The molecule has 2 aliphatic heterocycles. The van der Waals surface area contributed by atoms with E-state index in [4.69, 9.17) is 25.7 Å². The van der Waals surface area contributed by atoms with Crippen LogP contribution >= 0.6 is 0 Å². The Morgan fingerprint density at radius 3 is 1.78 bits per heavy atom. The van der Waals surface area contributed by atoms with Crippen LogP contribution in [0.5, 0.6) is 0 Å². The molecule has 0 aliphatic carbocycles. The van der Waals surface area contributed by atoms with Gasteiger partial charge < -0.3 is 71.6 Å². The van der Waals surface area contributed by atoms with Crippen LogP contribution in [0.4, 0.5) is 5.69 Å². The number of carbonyl (C=O) groups excluding carboxylic acids is 5. The summed E-state index contributed by atoms with van der Waals surface area (Å²) in [4.78, 5) is 77.3. The van der Waals surface area contributed by atoms with E-state index in [0.717, 1.165) is 0 Å². The number of carbonyl (C=O) groups is 6. The highest BCUT2D eigenvalue weighted by Crippen LogP contribution is 2.29. The Labute approximate surface area is 462 Å². The topological polar surface area (TPSA) is 364 Å². The van der Waals surface area contributed by atoms with Gasteiger partial charge in [-0.3, -0.25) is 28.8 Å². The van der Waals surface area contributed by atoms with Crippen molar-refractivity contribution >= 4 is 40.8 Å². The number of ether oxygens (including phenoxy) is 3. The summed E-state index contributed by atoms with van der Waals surface area (Å²) in [6, 6.07) is 5.24. The van der Waals surface area contributed by atoms with Crippen LogP contribution in [0.2, 0.25) is 0 Å². The third-order valence-electron chi connectivity index (χ3n) is 13.8. The Kier molecular flexibility index (Phi) is 30.1. The first-order valence-corrected chi connectivity index (χ1v) is 26.9. The molecule has 1 aromatic rings. The summed E-state index contributed by atoms with van der Waals surface area (Å²) >= 11 is 0. The maximum Gasteiger partial charge on any atom is 0.313 e. The number of carboxylic acids is 1. The molecule has 2 heterocycles. The summed E-state index contributed by atoms with van der Waals surface area (Å²) in [5, 5.41) is 96.0. The lowest BCUT2D eigenvalue weighted by molar-refractivity contribution is -0.277. The van der Waals surface area contributed by atoms with E-state index in [2.05, 4.69) is 0 Å². The highest BCUT2D eigenvalue weighted by Gasteiger charge is 2.43. The van der Waals surface area contributed by atoms with Crippen LogP contribution in [-0.4, -0.2) is 161 Å². The molecule has 17 atom stereocenters. The average Bonchev–Trinajstić information content (AvgIpc) is 3.36. The molecule has 0 radical (unpaired) electrons. The van der Waals surface area contributed by atoms with Gasteiger partial charge in [0.15, 0.2) is 12.1 Å². The molecule has 1 aromatic carbocycles. The minimum Gasteiger partial charge on any atom is -0.481 e. The van der Waals surface area contributed by atoms with Crippen molar-refractivity contribution < 1.29 is 88.9 Å². The van der Waals surface area contributed by atoms with Crippen molar-refractivity contribution in [3.63, 3.8) is 0 Å². The number of carboxylic acid groups (broad SMARTS) is 1. The highest BCUT2D eigenvalue weighted by molar-refractivity contribution is 5.97. The Bertz CT molecular complexity index is 2310. The maximum atomic E-state index is 13.3. The quantitative estimate of drug-likeness (QED) is 0.0690. The van der Waals surface area contributed by atoms with Gasteiger partial charge in [-0.05, 0) is 68.7 Å². The molecule has 0 bridgehead atoms. The van der Waals surface area contributed by atoms with Gasteiger partial charge in [-0.25, -0.2) is 0 Å². The normalized spacial score (nSPS) is 34.7. The molecule has 1 fully saturated rings. The Hall–Kier alpha value is -5.62. The summed E-state index contributed by atoms with van der Waals surface area (Å²) in [5.41, 5.74) is 12.7. The van der Waals surface area contributed by atoms with Gasteiger partial charge >= 0.3 is 11.9 Å². The van der Waals surface area contributed by atoms with Crippen LogP contribution in [0.3, 0.4) is 0 Å². The van der Waals surface area contributed by atoms with E-state index < -0.39 is 153 Å². The molecule has 0 aromatic heterocycles. The molecule has 20 nitrogen and oxygen atoms in total. The van der Waals surface area contributed by atoms with Gasteiger partial charge in [0.2, 0.25) is 0 Å². The van der Waals surface area contributed by atoms with E-state index >= 15 is 0 Å². The largest absolute Gasteiger partial charge is 0.481 e. The molecule has 0 spiro atoms. The van der Waals surface area contributed by atoms with Gasteiger partial charge in [0.05, 0.1) is 61.0 Å². The zero-order valence-electron chi connectivity index (χ0n) is 45.5. The Balaban J connectivity index is 1.83. The predicted molar refractivity (Wildman–Crippen MR) is 293 cm³/mol. The van der Waals surface area contributed by atoms with E-state index in [1.807, 2.05) is 19.9 Å². The summed E-state index contributed by atoms with van der Waals surface area (Å²) in [5.74, 6) is -7.43. The van der Waals surface area contributed by atoms with Gasteiger partial charge in [0.1, 0.15) is 41.9 Å². The van der Waals surface area contributed by atoms with Crippen molar-refractivity contribution in [2.75, 3.05) is 5.73 Å². The number of rotatable bonds is 10. The van der Waals surface area contributed by atoms with Crippen LogP contribution in [0.1, 0.15) is 115 Å². The van der Waals surface area contributed by atoms with Crippen LogP contribution < -0.4 is 11.5 Å². The Morgan fingerprint density at radius 1 is 0.684 bits per heavy atom. The molecular formula is C59H84N2O18. The van der Waals surface area contributed by atoms with E-state index in [0.29, 0.717) is 17.7 Å². The number of nitrogens with two attached hydrogens (primary N) is 2. The highest BCUT2D eigenvalue weighted by atomic mass is 16.7. The number of hydrogen-bond donors (Lipinski definition) is 11. The van der Waals surface area contributed by atoms with Crippen LogP contribution in [0.25, 0.3) is 0 Å². The van der Waals surface area contributed by atoms with E-state index in [-0.39, 0.29) is 55.6 Å². The number of benzene rings is 1. The van der Waals surface area contributed by atoms with E-state index in [1.54, 1.807) is 98.0 Å². The second-order valence-electron chi connectivity index (χ2n) is 20.9. The third-order valence-corrected chi connectivity index (χ3v) is 13.8. The van der Waals surface area contributed by atoms with E-state index in [9.17, 15) is 74.7 Å². The number of Topliss-reactive ketones (excluding diaryl/α,β-unsaturated/α-hetero) is 4. The number of allylic oxidation sites excluding steroid dienone is 12. The molecule has 79 heavy (non-hydrogen) atoms. The lowest BCUT2D eigenvalue weighted by Gasteiger charge is -2.41. The zero-order chi connectivity index (χ0) is 58.8. The lowest BCUT2D eigenvalue weighted by atomic mass is 9.83. The van der Waals surface area contributed by atoms with Gasteiger partial charge in [-0.1, -0.05) is 106 Å². The minimum absolute atomic E-state index is 0.0615. The molecule has 20 heteroatoms. The van der Waals surface area contributed by atoms with Crippen molar-refractivity contribution in [2.45, 2.75) is 184 Å². The van der Waals surface area contributed by atoms with Crippen molar-refractivity contribution in [3.8, 4) is 0 Å². The molecule has 14 unspecified atom stereocenters. The third kappa shape index (κ3) is 25.2. The van der Waals surface area contributed by atoms with Crippen LogP contribution in [-0.2, 0) is 38.2 Å². The van der Waals surface area contributed by atoms with Gasteiger partial charge in [-0.15, -0.1) is 0 Å². The van der Waals surface area contributed by atoms with Crippen molar-refractivity contribution in [1.82, 2.24) is 0 Å². The fourth-order valence-corrected chi connectivity index (χ4v) is 9.37. The summed E-state index contributed by atoms with van der Waals surface area (Å²) in [7, 11) is 0. The number of hydrogen-bond acceptors (Lipinski definition) is 19. The number of aliphatic carboxylic acids is 1. The van der Waals surface area contributed by atoms with Crippen molar-refractivity contribution in [3.05, 3.63) is 115 Å². The summed E-state index contributed by atoms with van der Waals surface area (Å²) in [6.45, 7) is 7.02. The van der Waals surface area contributed by atoms with Crippen molar-refractivity contribution in [1.29, 1.82) is 0 Å². The molecule has 0 saturated carbocycles. The lowest BCUT2D eigenvalue weighted by Crippen LogP contribution is -2.61. The molecule has 438 valence electrons. The van der Waals surface area contributed by atoms with Crippen LogP contribution in [0.15, 0.2) is 109 Å². The molecule has 3 rings (SSSR count). The number of cyclic esters (lactones) is 1. The second-order valence-corrected chi connectivity index (χ2v) is 20.9. The van der Waals surface area contributed by atoms with Gasteiger partial charge in [0, 0.05) is 62.1 Å². The average molecular weight is 1110 g/mol. The molecule has 0 amide bonds. The number of esters is 1. The number of nitrogen functional groups attached to an aromatic ring is 1. The Morgan fingerprint density at radius 2 is 1.22 bits per heavy atom. The SMILES string of the molecule is CC1/C=C/C=C/C=C/C=C/C=C/C=C/C=C/C(O[C@@H]2OC(C)[C@@H](O)[C@@H](N)C2O)CC(O)C(C(=O)O)C(O)CC(=O)CC(O)CC(O)CC(O)CC(=O)CCCC(=O)CC(=O)OC1C(C)CC(C)C(O)CC(=O)c1ccc(N)cc1. The first-order chi connectivity index (χ1) is 37.4. The molecule has 2 aliphatic rings. The molecule has 13 N–H and O–H groups in total. The summed E-state index contributed by atoms with van der Waals surface area (Å²) in [6.07, 6.45) is 4.21. The molecule has 1 saturated heterocycles. The maximum absolute atomic E-state index is 13.3. The minimum atomic E-state index is -1.95. The van der Waals surface area contributed by atoms with E-state index in [1.165, 1.54) is 19.1 Å². The number of aliphatic hydroxyl groups excluding tert-OH is 8. The second kappa shape index (κ2) is 35.2. The number of anilines is 1. The zero-order valence-corrected chi connectivity index (χ0v) is 45.5. The van der Waals surface area contributed by atoms with Gasteiger partial charge in [-0.2, -0.15) is 0 Å². The standard InChI is InChI=1S/C59H84N2O18/c1-35-18-15-13-11-9-7-5-6-8-10-12-14-16-21-47(78-59-56(74)54(61)55(73)38(4)77-59)33-51(71)53(58(75)76)50(70)31-46(67)30-45(66)29-44(65)28-43(64)27-41(62)19-17-20-42(63)32-52(72)79-57(35)37(3)26-36(2)48(68)34-49(69)39-22-24-40(60)25-23-39/h5-16,18,21-25,35-38,43-45,47-48,50-51,53-57,59,64-66,68,70-71,73-74H,17,19-20,26-34,60-61H2,1-4H3,(H,75,76)/b6-5+,9-7+,10-8+,13-11+,14-12+,18-15+,21-16+/t35?,36?,37?,38?,43?,44?,45?,47?,48?,50?,51?,53?,54-,55-,56?,57?,59+/m1/s1. The van der Waals surface area contributed by atoms with Gasteiger partial charge in [0.25, 0.3) is 0 Å². The smallest absolute Gasteiger partial charge is 0.313 e. The fraction of sp³-hybridized carbons (Fsp3) is 0.559. The first kappa shape index (κ1) is 67.7. The number of aliphatic hydroxyl groups is 8. The predicted octanol–water partition coefficient (Wildman–Crippen LogP) is 3.61. The molecular weight excluding hydrogens is 1020 g/mol. The first-order valence-electron chi connectivity index (χ1n) is 26.9. The number of ketones is 4. The summed E-state index contributed by atoms with van der Waals surface area (Å²) < 4.78 is 17.5. The van der Waals surface area contributed by atoms with Crippen LogP contribution in [0, 0.1) is 23.7 Å².